The predicted octanol–water partition coefficient (Wildman–Crippen LogP) is 1.24. The van der Waals surface area contributed by atoms with Crippen LogP contribution in [-0.2, 0) is 11.8 Å². The highest BCUT2D eigenvalue weighted by atomic mass is 16.5. The van der Waals surface area contributed by atoms with E-state index in [2.05, 4.69) is 0 Å². The van der Waals surface area contributed by atoms with E-state index >= 15 is 0 Å². The zero-order chi connectivity index (χ0) is 11.2. The van der Waals surface area contributed by atoms with Crippen molar-refractivity contribution in [1.29, 1.82) is 0 Å². The van der Waals surface area contributed by atoms with E-state index < -0.39 is 0 Å². The summed E-state index contributed by atoms with van der Waals surface area (Å²) in [5.74, 6) is -0.300. The van der Waals surface area contributed by atoms with Gasteiger partial charge in [0.1, 0.15) is 5.69 Å². The summed E-state index contributed by atoms with van der Waals surface area (Å²) >= 11 is 0. The number of ketones is 2. The highest BCUT2D eigenvalue weighted by Gasteiger charge is 2.29. The summed E-state index contributed by atoms with van der Waals surface area (Å²) in [4.78, 5) is 23.5. The molecule has 1 aliphatic rings. The van der Waals surface area contributed by atoms with Crippen LogP contribution in [-0.4, -0.2) is 23.2 Å². The average Bonchev–Trinajstić information content (AvgIpc) is 2.50. The Morgan fingerprint density at radius 3 is 2.60 bits per heavy atom. The van der Waals surface area contributed by atoms with Gasteiger partial charge in [0.2, 0.25) is 11.6 Å². The fourth-order valence-corrected chi connectivity index (χ4v) is 1.74. The molecule has 0 spiro atoms. The number of nitrogens with zero attached hydrogens (tertiary/aromatic N) is 1. The number of allylic oxidation sites excluding steroid dienone is 2. The molecular weight excluding hydrogens is 194 g/mol. The summed E-state index contributed by atoms with van der Waals surface area (Å²) in [6.45, 7) is 1.85. The van der Waals surface area contributed by atoms with Gasteiger partial charge in [-0.25, -0.2) is 0 Å². The van der Waals surface area contributed by atoms with E-state index in [4.69, 9.17) is 4.74 Å². The van der Waals surface area contributed by atoms with E-state index in [1.807, 2.05) is 6.92 Å². The Morgan fingerprint density at radius 1 is 1.33 bits per heavy atom. The van der Waals surface area contributed by atoms with Crippen molar-refractivity contribution in [2.24, 2.45) is 7.05 Å². The second-order valence-electron chi connectivity index (χ2n) is 3.51. The largest absolute Gasteiger partial charge is 0.492 e. The Kier molecular flexibility index (Phi) is 2.00. The number of aryl methyl sites for hydroxylation is 1. The number of aromatic nitrogens is 1. The molecule has 4 nitrogen and oxygen atoms in total. The molecule has 0 radical (unpaired) electrons. The Morgan fingerprint density at radius 2 is 2.00 bits per heavy atom. The fourth-order valence-electron chi connectivity index (χ4n) is 1.74. The summed E-state index contributed by atoms with van der Waals surface area (Å²) in [5, 5.41) is 0. The maximum absolute atomic E-state index is 11.8. The van der Waals surface area contributed by atoms with Crippen molar-refractivity contribution in [3.05, 3.63) is 34.9 Å². The fraction of sp³-hybridized carbons (Fsp3) is 0.273. The highest BCUT2D eigenvalue weighted by molar-refractivity contribution is 6.23. The van der Waals surface area contributed by atoms with Crippen LogP contribution in [0.2, 0.25) is 0 Å². The maximum atomic E-state index is 11.8. The van der Waals surface area contributed by atoms with Crippen LogP contribution in [0.25, 0.3) is 0 Å². The molecule has 0 fully saturated rings. The lowest BCUT2D eigenvalue weighted by Gasteiger charge is -2.11. The van der Waals surface area contributed by atoms with Crippen molar-refractivity contribution in [2.45, 2.75) is 6.92 Å². The quantitative estimate of drug-likeness (QED) is 0.693. The Bertz CT molecular complexity index is 494. The van der Waals surface area contributed by atoms with Gasteiger partial charge in [-0.3, -0.25) is 9.59 Å². The van der Waals surface area contributed by atoms with Gasteiger partial charge in [-0.15, -0.1) is 0 Å². The van der Waals surface area contributed by atoms with Gasteiger partial charge >= 0.3 is 0 Å². The van der Waals surface area contributed by atoms with Crippen LogP contribution in [0.1, 0.15) is 26.5 Å². The molecule has 0 unspecified atom stereocenters. The van der Waals surface area contributed by atoms with Gasteiger partial charge in [-0.1, -0.05) is 0 Å². The second kappa shape index (κ2) is 3.08. The van der Waals surface area contributed by atoms with Gasteiger partial charge in [0.05, 0.1) is 12.7 Å². The maximum Gasteiger partial charge on any atom is 0.229 e. The van der Waals surface area contributed by atoms with Crippen LogP contribution in [0.4, 0.5) is 0 Å². The molecule has 78 valence electrons. The first kappa shape index (κ1) is 9.71. The number of rotatable bonds is 1. The Labute approximate surface area is 87.1 Å². The molecule has 0 N–H and O–H groups in total. The van der Waals surface area contributed by atoms with Gasteiger partial charge in [0.25, 0.3) is 0 Å². The average molecular weight is 205 g/mol. The summed E-state index contributed by atoms with van der Waals surface area (Å²) in [5.41, 5.74) is 1.75. The minimum absolute atomic E-state index is 0.109. The van der Waals surface area contributed by atoms with Crippen LogP contribution in [0, 0.1) is 6.92 Å². The number of carbonyl (C=O) groups is 2. The summed E-state index contributed by atoms with van der Waals surface area (Å²) in [7, 11) is 3.16. The molecule has 1 aromatic rings. The lowest BCUT2D eigenvalue weighted by Crippen LogP contribution is -2.19. The van der Waals surface area contributed by atoms with Gasteiger partial charge in [-0.05, 0) is 13.0 Å². The first-order valence-corrected chi connectivity index (χ1v) is 4.57. The molecule has 0 atom stereocenters. The first-order chi connectivity index (χ1) is 7.06. The molecule has 0 bridgehead atoms. The standard InChI is InChI=1S/C11H11NO3/c1-6-4-7-10(12(6)2)8(13)5-9(15-3)11(7)14/h4-5H,1-3H3. The number of hydrogen-bond donors (Lipinski definition) is 0. The number of Topliss-reactive ketones (excluding diaryl/α,β-unsaturated/α-hetero) is 1. The minimum Gasteiger partial charge on any atom is -0.492 e. The third kappa shape index (κ3) is 1.21. The lowest BCUT2D eigenvalue weighted by molar-refractivity contribution is 0.0914. The van der Waals surface area contributed by atoms with Gasteiger partial charge < -0.3 is 9.30 Å². The zero-order valence-electron chi connectivity index (χ0n) is 8.83. The normalized spacial score (nSPS) is 15.0. The van der Waals surface area contributed by atoms with Gasteiger partial charge in [0, 0.05) is 18.8 Å². The van der Waals surface area contributed by atoms with Gasteiger partial charge in [-0.2, -0.15) is 0 Å². The highest BCUT2D eigenvalue weighted by Crippen LogP contribution is 2.24. The van der Waals surface area contributed by atoms with Crippen LogP contribution < -0.4 is 0 Å². The van der Waals surface area contributed by atoms with Crippen LogP contribution in [0.5, 0.6) is 0 Å². The topological polar surface area (TPSA) is 48.3 Å². The first-order valence-electron chi connectivity index (χ1n) is 4.57. The molecule has 0 aliphatic heterocycles. The molecule has 1 aliphatic carbocycles. The van der Waals surface area contributed by atoms with Crippen LogP contribution in [0.15, 0.2) is 17.9 Å². The monoisotopic (exact) mass is 205 g/mol. The molecule has 2 rings (SSSR count). The van der Waals surface area contributed by atoms with E-state index in [0.29, 0.717) is 11.3 Å². The number of carbonyl (C=O) groups excluding carboxylic acids is 2. The Hall–Kier alpha value is -1.84. The molecule has 1 heterocycles. The van der Waals surface area contributed by atoms with E-state index in [9.17, 15) is 9.59 Å². The smallest absolute Gasteiger partial charge is 0.229 e. The van der Waals surface area contributed by atoms with Crippen molar-refractivity contribution >= 4 is 11.6 Å². The Balaban J connectivity index is 2.66. The van der Waals surface area contributed by atoms with Gasteiger partial charge in [0.15, 0.2) is 5.76 Å². The SMILES string of the molecule is COC1=CC(=O)c2c(cc(C)n2C)C1=O. The van der Waals surface area contributed by atoms with Crippen molar-refractivity contribution in [1.82, 2.24) is 4.57 Å². The van der Waals surface area contributed by atoms with Crippen LogP contribution >= 0.6 is 0 Å². The van der Waals surface area contributed by atoms with E-state index in [0.717, 1.165) is 5.69 Å². The van der Waals surface area contributed by atoms with Crippen molar-refractivity contribution in [2.75, 3.05) is 7.11 Å². The van der Waals surface area contributed by atoms with E-state index in [1.165, 1.54) is 13.2 Å². The molecule has 4 heteroatoms. The lowest BCUT2D eigenvalue weighted by atomic mass is 10.0. The van der Waals surface area contributed by atoms with E-state index in [-0.39, 0.29) is 17.3 Å². The van der Waals surface area contributed by atoms with Crippen molar-refractivity contribution in [3.63, 3.8) is 0 Å². The molecule has 0 saturated carbocycles. The third-order valence-corrected chi connectivity index (χ3v) is 2.66. The summed E-state index contributed by atoms with van der Waals surface area (Å²) < 4.78 is 6.58. The number of ether oxygens (including phenoxy) is 1. The second-order valence-corrected chi connectivity index (χ2v) is 3.51. The van der Waals surface area contributed by atoms with E-state index in [1.54, 1.807) is 17.7 Å². The molecular formula is C11H11NO3. The van der Waals surface area contributed by atoms with Crippen molar-refractivity contribution in [3.8, 4) is 0 Å². The predicted molar refractivity (Wildman–Crippen MR) is 53.9 cm³/mol. The minimum atomic E-state index is -0.226. The molecule has 1 aromatic heterocycles. The number of fused-ring (bicyclic) bond motifs is 1. The molecule has 0 aromatic carbocycles. The van der Waals surface area contributed by atoms with Crippen molar-refractivity contribution < 1.29 is 14.3 Å². The van der Waals surface area contributed by atoms with Crippen LogP contribution in [0.3, 0.4) is 0 Å². The number of hydrogen-bond acceptors (Lipinski definition) is 3. The zero-order valence-corrected chi connectivity index (χ0v) is 8.83. The molecule has 15 heavy (non-hydrogen) atoms. The molecule has 0 amide bonds. The number of methoxy groups -OCH3 is 1. The third-order valence-electron chi connectivity index (χ3n) is 2.66. The summed E-state index contributed by atoms with van der Waals surface area (Å²) in [6, 6.07) is 1.71. The molecule has 0 saturated heterocycles. The summed E-state index contributed by atoms with van der Waals surface area (Å²) in [6.07, 6.45) is 1.24.